The van der Waals surface area contributed by atoms with Crippen LogP contribution in [0.2, 0.25) is 0 Å². The maximum atomic E-state index is 12.5. The van der Waals surface area contributed by atoms with E-state index < -0.39 is 5.41 Å². The number of hydrogen-bond donors (Lipinski definition) is 2. The highest BCUT2D eigenvalue weighted by Crippen LogP contribution is 2.47. The molecule has 130 valence electrons. The van der Waals surface area contributed by atoms with Crippen LogP contribution in [-0.4, -0.2) is 57.1 Å². The van der Waals surface area contributed by atoms with Gasteiger partial charge >= 0.3 is 0 Å². The number of carbonyl (C=O) groups is 2. The van der Waals surface area contributed by atoms with E-state index in [1.807, 2.05) is 19.0 Å². The Morgan fingerprint density at radius 2 is 1.83 bits per heavy atom. The smallest absolute Gasteiger partial charge is 0.240 e. The summed E-state index contributed by atoms with van der Waals surface area (Å²) in [5.41, 5.74) is -0.323. The molecule has 7 heteroatoms. The number of hydrogen-bond acceptors (Lipinski definition) is 5. The largest absolute Gasteiger partial charge is 0.486 e. The van der Waals surface area contributed by atoms with Gasteiger partial charge in [0, 0.05) is 24.8 Å². The summed E-state index contributed by atoms with van der Waals surface area (Å²) in [6.07, 6.45) is 1.16. The summed E-state index contributed by atoms with van der Waals surface area (Å²) in [5, 5.41) is 5.68. The number of anilines is 1. The minimum atomic E-state index is -0.931. The van der Waals surface area contributed by atoms with E-state index >= 15 is 0 Å². The van der Waals surface area contributed by atoms with Crippen molar-refractivity contribution in [3.8, 4) is 11.5 Å². The standard InChI is InChI=1S/C17H23N3O4/c1-20(2)8-7-18-15(21)17(5-6-17)16(22)19-12-3-4-13-14(11-12)24-10-9-23-13/h3-4,11H,5-10H2,1-2H3,(H,18,21)(H,19,22). The van der Waals surface area contributed by atoms with Gasteiger partial charge in [-0.25, -0.2) is 0 Å². The molecule has 1 aromatic rings. The quantitative estimate of drug-likeness (QED) is 0.755. The maximum Gasteiger partial charge on any atom is 0.240 e. The first-order valence-corrected chi connectivity index (χ1v) is 8.15. The lowest BCUT2D eigenvalue weighted by Gasteiger charge is -2.20. The molecule has 7 nitrogen and oxygen atoms in total. The fourth-order valence-electron chi connectivity index (χ4n) is 2.62. The number of carbonyl (C=O) groups excluding carboxylic acids is 2. The molecule has 2 aliphatic rings. The highest BCUT2D eigenvalue weighted by molar-refractivity contribution is 6.13. The predicted octanol–water partition coefficient (Wildman–Crippen LogP) is 0.854. The third kappa shape index (κ3) is 3.46. The fourth-order valence-corrected chi connectivity index (χ4v) is 2.62. The maximum absolute atomic E-state index is 12.5. The number of nitrogens with zero attached hydrogens (tertiary/aromatic N) is 1. The van der Waals surface area contributed by atoms with E-state index in [1.165, 1.54) is 0 Å². The summed E-state index contributed by atoms with van der Waals surface area (Å²) in [7, 11) is 3.88. The fraction of sp³-hybridized carbons (Fsp3) is 0.529. The number of fused-ring (bicyclic) bond motifs is 1. The Morgan fingerprint density at radius 1 is 1.12 bits per heavy atom. The number of benzene rings is 1. The van der Waals surface area contributed by atoms with Crippen LogP contribution in [0.15, 0.2) is 18.2 Å². The van der Waals surface area contributed by atoms with E-state index in [0.717, 1.165) is 6.54 Å². The lowest BCUT2D eigenvalue weighted by atomic mass is 10.0. The number of rotatable bonds is 6. The third-order valence-corrected chi connectivity index (χ3v) is 4.26. The molecule has 0 spiro atoms. The molecule has 0 unspecified atom stereocenters. The minimum absolute atomic E-state index is 0.195. The van der Waals surface area contributed by atoms with E-state index in [1.54, 1.807) is 18.2 Å². The van der Waals surface area contributed by atoms with Gasteiger partial charge in [0.1, 0.15) is 18.6 Å². The Morgan fingerprint density at radius 3 is 2.50 bits per heavy atom. The molecule has 0 radical (unpaired) electrons. The van der Waals surface area contributed by atoms with Crippen LogP contribution in [-0.2, 0) is 9.59 Å². The van der Waals surface area contributed by atoms with Crippen LogP contribution in [0.5, 0.6) is 11.5 Å². The van der Waals surface area contributed by atoms with Crippen LogP contribution >= 0.6 is 0 Å². The van der Waals surface area contributed by atoms with Crippen LogP contribution in [0.1, 0.15) is 12.8 Å². The van der Waals surface area contributed by atoms with Crippen molar-refractivity contribution < 1.29 is 19.1 Å². The van der Waals surface area contributed by atoms with E-state index in [4.69, 9.17) is 9.47 Å². The minimum Gasteiger partial charge on any atom is -0.486 e. The SMILES string of the molecule is CN(C)CCNC(=O)C1(C(=O)Nc2ccc3c(c2)OCCO3)CC1. The molecule has 1 aliphatic heterocycles. The second kappa shape index (κ2) is 6.68. The van der Waals surface area contributed by atoms with Crippen LogP contribution < -0.4 is 20.1 Å². The van der Waals surface area contributed by atoms with Gasteiger partial charge in [-0.1, -0.05) is 0 Å². The van der Waals surface area contributed by atoms with Crippen molar-refractivity contribution >= 4 is 17.5 Å². The molecule has 3 rings (SSSR count). The molecule has 1 aliphatic carbocycles. The number of amides is 2. The summed E-state index contributed by atoms with van der Waals surface area (Å²) < 4.78 is 11.0. The highest BCUT2D eigenvalue weighted by Gasteiger charge is 2.56. The van der Waals surface area contributed by atoms with Crippen LogP contribution in [0, 0.1) is 5.41 Å². The molecule has 1 aromatic carbocycles. The Kier molecular flexibility index (Phi) is 4.62. The Labute approximate surface area is 141 Å². The van der Waals surface area contributed by atoms with Gasteiger partial charge in [0.15, 0.2) is 11.5 Å². The molecular formula is C17H23N3O4. The summed E-state index contributed by atoms with van der Waals surface area (Å²) in [6.45, 7) is 2.29. The second-order valence-electron chi connectivity index (χ2n) is 6.45. The lowest BCUT2D eigenvalue weighted by Crippen LogP contribution is -2.42. The summed E-state index contributed by atoms with van der Waals surface area (Å²) in [4.78, 5) is 26.9. The van der Waals surface area contributed by atoms with Crippen LogP contribution in [0.3, 0.4) is 0 Å². The zero-order valence-electron chi connectivity index (χ0n) is 14.1. The van der Waals surface area contributed by atoms with Crippen LogP contribution in [0.4, 0.5) is 5.69 Å². The second-order valence-corrected chi connectivity index (χ2v) is 6.45. The number of likely N-dealkylation sites (N-methyl/N-ethyl adjacent to an activating group) is 1. The van der Waals surface area contributed by atoms with Gasteiger partial charge in [-0.05, 0) is 39.1 Å². The van der Waals surface area contributed by atoms with E-state index in [-0.39, 0.29) is 11.8 Å². The van der Waals surface area contributed by atoms with Gasteiger partial charge in [-0.2, -0.15) is 0 Å². The molecule has 0 aromatic heterocycles. The molecule has 24 heavy (non-hydrogen) atoms. The normalized spacial score (nSPS) is 17.3. The summed E-state index contributed by atoms with van der Waals surface area (Å²) in [5.74, 6) is 0.821. The summed E-state index contributed by atoms with van der Waals surface area (Å²) >= 11 is 0. The van der Waals surface area contributed by atoms with Gasteiger partial charge in [-0.15, -0.1) is 0 Å². The van der Waals surface area contributed by atoms with Crippen LogP contribution in [0.25, 0.3) is 0 Å². The molecule has 0 bridgehead atoms. The van der Waals surface area contributed by atoms with E-state index in [9.17, 15) is 9.59 Å². The first-order valence-electron chi connectivity index (χ1n) is 8.15. The van der Waals surface area contributed by atoms with Crippen molar-refractivity contribution in [1.29, 1.82) is 0 Å². The average Bonchev–Trinajstić information content (AvgIpc) is 3.36. The van der Waals surface area contributed by atoms with Crippen molar-refractivity contribution in [2.75, 3.05) is 45.7 Å². The van der Waals surface area contributed by atoms with Gasteiger partial charge in [0.25, 0.3) is 0 Å². The third-order valence-electron chi connectivity index (χ3n) is 4.26. The molecule has 2 N–H and O–H groups in total. The molecule has 0 saturated heterocycles. The highest BCUT2D eigenvalue weighted by atomic mass is 16.6. The molecular weight excluding hydrogens is 310 g/mol. The van der Waals surface area contributed by atoms with Gasteiger partial charge in [0.05, 0.1) is 0 Å². The van der Waals surface area contributed by atoms with Crippen molar-refractivity contribution in [2.24, 2.45) is 5.41 Å². The topological polar surface area (TPSA) is 79.9 Å². The van der Waals surface area contributed by atoms with Crippen molar-refractivity contribution in [1.82, 2.24) is 10.2 Å². The molecule has 0 atom stereocenters. The van der Waals surface area contributed by atoms with Gasteiger partial charge in [0.2, 0.25) is 11.8 Å². The lowest BCUT2D eigenvalue weighted by molar-refractivity contribution is -0.134. The first-order chi connectivity index (χ1) is 11.5. The Hall–Kier alpha value is -2.28. The van der Waals surface area contributed by atoms with Crippen molar-refractivity contribution in [3.63, 3.8) is 0 Å². The zero-order valence-corrected chi connectivity index (χ0v) is 14.1. The summed E-state index contributed by atoms with van der Waals surface area (Å²) in [6, 6.07) is 5.25. The molecule has 1 fully saturated rings. The molecule has 1 heterocycles. The van der Waals surface area contributed by atoms with E-state index in [2.05, 4.69) is 10.6 Å². The first kappa shape index (κ1) is 16.6. The van der Waals surface area contributed by atoms with Gasteiger partial charge in [-0.3, -0.25) is 9.59 Å². The Bertz CT molecular complexity index is 641. The molecule has 1 saturated carbocycles. The zero-order chi connectivity index (χ0) is 17.2. The Balaban J connectivity index is 1.61. The van der Waals surface area contributed by atoms with Crippen molar-refractivity contribution in [3.05, 3.63) is 18.2 Å². The average molecular weight is 333 g/mol. The van der Waals surface area contributed by atoms with Crippen molar-refractivity contribution in [2.45, 2.75) is 12.8 Å². The monoisotopic (exact) mass is 333 g/mol. The predicted molar refractivity (Wildman–Crippen MR) is 89.3 cm³/mol. The van der Waals surface area contributed by atoms with E-state index in [0.29, 0.717) is 49.8 Å². The number of nitrogens with one attached hydrogen (secondary N) is 2. The van der Waals surface area contributed by atoms with Gasteiger partial charge < -0.3 is 25.0 Å². The number of ether oxygens (including phenoxy) is 2. The molecule has 2 amide bonds.